The van der Waals surface area contributed by atoms with E-state index in [-0.39, 0.29) is 0 Å². The highest BCUT2D eigenvalue weighted by Gasteiger charge is 2.17. The molecule has 1 aliphatic heterocycles. The highest BCUT2D eigenvalue weighted by Crippen LogP contribution is 2.29. The second kappa shape index (κ2) is 7.25. The van der Waals surface area contributed by atoms with E-state index in [0.717, 1.165) is 47.5 Å². The number of pyridine rings is 2. The minimum atomic E-state index is 0.483. The zero-order valence-corrected chi connectivity index (χ0v) is 16.5. The first-order valence-electron chi connectivity index (χ1n) is 9.45. The van der Waals surface area contributed by atoms with E-state index in [2.05, 4.69) is 43.5 Å². The highest BCUT2D eigenvalue weighted by molar-refractivity contribution is 6.35. The maximum absolute atomic E-state index is 6.27. The molecule has 3 aromatic heterocycles. The summed E-state index contributed by atoms with van der Waals surface area (Å²) in [4.78, 5) is 11.0. The molecule has 0 fully saturated rings. The smallest absolute Gasteiger partial charge is 0.131 e. The molecule has 3 N–H and O–H groups in total. The van der Waals surface area contributed by atoms with Crippen LogP contribution >= 0.6 is 11.6 Å². The molecule has 1 aromatic carbocycles. The molecule has 0 saturated carbocycles. The molecule has 29 heavy (non-hydrogen) atoms. The maximum atomic E-state index is 6.27. The van der Waals surface area contributed by atoms with Crippen LogP contribution in [0.4, 0.5) is 17.3 Å². The van der Waals surface area contributed by atoms with Gasteiger partial charge in [0.05, 0.1) is 23.8 Å². The van der Waals surface area contributed by atoms with E-state index < -0.39 is 0 Å². The number of hydrogen-bond acceptors (Lipinski definition) is 6. The summed E-state index contributed by atoms with van der Waals surface area (Å²) in [7, 11) is 0. The van der Waals surface area contributed by atoms with Crippen LogP contribution in [0.2, 0.25) is 5.02 Å². The number of nitrogen functional groups attached to an aromatic ring is 1. The Morgan fingerprint density at radius 3 is 2.83 bits per heavy atom. The number of benzene rings is 1. The van der Waals surface area contributed by atoms with Crippen molar-refractivity contribution in [1.82, 2.24) is 19.7 Å². The molecular weight excluding hydrogens is 386 g/mol. The standard InChI is InChI=1S/C21H20ClN7/c22-19-12-26-21(23)17-3-2-15(9-18(17)19)24-10-14-1-4-20(25-11-14)28-7-8-29-16(13-28)5-6-27-29/h1-6,9,11-12,24H,7-8,10,13H2,(H2,23,26). The predicted octanol–water partition coefficient (Wildman–Crippen LogP) is 3.69. The van der Waals surface area contributed by atoms with E-state index >= 15 is 0 Å². The zero-order valence-electron chi connectivity index (χ0n) is 15.7. The Hall–Kier alpha value is -3.32. The number of halogens is 1. The van der Waals surface area contributed by atoms with Gasteiger partial charge in [0.1, 0.15) is 11.6 Å². The number of anilines is 3. The first kappa shape index (κ1) is 17.8. The Balaban J connectivity index is 1.27. The number of nitrogens with two attached hydrogens (primary N) is 1. The minimum Gasteiger partial charge on any atom is -0.383 e. The van der Waals surface area contributed by atoms with Crippen molar-refractivity contribution in [1.29, 1.82) is 0 Å². The third kappa shape index (κ3) is 3.45. The van der Waals surface area contributed by atoms with Gasteiger partial charge in [-0.3, -0.25) is 4.68 Å². The van der Waals surface area contributed by atoms with Crippen molar-refractivity contribution in [2.75, 3.05) is 22.5 Å². The van der Waals surface area contributed by atoms with Gasteiger partial charge in [0, 0.05) is 48.1 Å². The lowest BCUT2D eigenvalue weighted by Gasteiger charge is -2.28. The van der Waals surface area contributed by atoms with Crippen LogP contribution in [0, 0.1) is 0 Å². The fourth-order valence-electron chi connectivity index (χ4n) is 3.63. The molecule has 0 bridgehead atoms. The third-order valence-electron chi connectivity index (χ3n) is 5.24. The Morgan fingerprint density at radius 2 is 1.97 bits per heavy atom. The summed E-state index contributed by atoms with van der Waals surface area (Å²) < 4.78 is 2.05. The van der Waals surface area contributed by atoms with Gasteiger partial charge >= 0.3 is 0 Å². The van der Waals surface area contributed by atoms with Crippen molar-refractivity contribution in [3.05, 3.63) is 71.3 Å². The summed E-state index contributed by atoms with van der Waals surface area (Å²) in [5.41, 5.74) is 9.22. The molecule has 7 nitrogen and oxygen atoms in total. The second-order valence-corrected chi connectivity index (χ2v) is 7.50. The van der Waals surface area contributed by atoms with Crippen molar-refractivity contribution < 1.29 is 0 Å². The normalized spacial score (nSPS) is 13.5. The lowest BCUT2D eigenvalue weighted by Crippen LogP contribution is -2.34. The summed E-state index contributed by atoms with van der Waals surface area (Å²) in [5.74, 6) is 1.47. The van der Waals surface area contributed by atoms with Crippen molar-refractivity contribution in [3.63, 3.8) is 0 Å². The van der Waals surface area contributed by atoms with Crippen LogP contribution in [0.3, 0.4) is 0 Å². The van der Waals surface area contributed by atoms with Gasteiger partial charge in [-0.05, 0) is 35.9 Å². The number of aromatic nitrogens is 4. The molecule has 0 amide bonds. The molecule has 1 aliphatic rings. The van der Waals surface area contributed by atoms with E-state index in [0.29, 0.717) is 17.4 Å². The predicted molar refractivity (Wildman–Crippen MR) is 116 cm³/mol. The van der Waals surface area contributed by atoms with E-state index in [1.54, 1.807) is 6.20 Å². The molecule has 0 unspecified atom stereocenters. The molecule has 0 radical (unpaired) electrons. The fourth-order valence-corrected chi connectivity index (χ4v) is 3.84. The first-order chi connectivity index (χ1) is 14.2. The number of nitrogens with one attached hydrogen (secondary N) is 1. The van der Waals surface area contributed by atoms with Gasteiger partial charge in [0.15, 0.2) is 0 Å². The van der Waals surface area contributed by atoms with Gasteiger partial charge in [0.2, 0.25) is 0 Å². The van der Waals surface area contributed by atoms with Gasteiger partial charge in [-0.1, -0.05) is 17.7 Å². The average Bonchev–Trinajstić information content (AvgIpc) is 3.23. The summed E-state index contributed by atoms with van der Waals surface area (Å²) in [5, 5.41) is 10.1. The Bertz CT molecular complexity index is 1170. The van der Waals surface area contributed by atoms with E-state index in [1.165, 1.54) is 5.69 Å². The quantitative estimate of drug-likeness (QED) is 0.538. The molecule has 4 heterocycles. The Kier molecular flexibility index (Phi) is 4.44. The van der Waals surface area contributed by atoms with Crippen LogP contribution in [0.5, 0.6) is 0 Å². The SMILES string of the molecule is Nc1ncc(Cl)c2cc(NCc3ccc(N4CCn5nccc5C4)nc3)ccc12. The van der Waals surface area contributed by atoms with Crippen LogP contribution in [0.15, 0.2) is 55.0 Å². The Labute approximate surface area is 173 Å². The van der Waals surface area contributed by atoms with Crippen LogP contribution in [-0.2, 0) is 19.6 Å². The van der Waals surface area contributed by atoms with Crippen LogP contribution in [0.1, 0.15) is 11.3 Å². The van der Waals surface area contributed by atoms with Crippen molar-refractivity contribution >= 4 is 39.7 Å². The summed E-state index contributed by atoms with van der Waals surface area (Å²) in [6.45, 7) is 3.30. The monoisotopic (exact) mass is 405 g/mol. The average molecular weight is 406 g/mol. The van der Waals surface area contributed by atoms with E-state index in [4.69, 9.17) is 17.3 Å². The fraction of sp³-hybridized carbons (Fsp3) is 0.190. The molecular formula is C21H20ClN7. The van der Waals surface area contributed by atoms with Crippen LogP contribution in [0.25, 0.3) is 10.8 Å². The molecule has 4 aromatic rings. The topological polar surface area (TPSA) is 84.9 Å². The lowest BCUT2D eigenvalue weighted by atomic mass is 10.1. The van der Waals surface area contributed by atoms with Crippen molar-refractivity contribution in [2.24, 2.45) is 0 Å². The molecule has 8 heteroatoms. The van der Waals surface area contributed by atoms with Crippen LogP contribution in [-0.4, -0.2) is 26.3 Å². The first-order valence-corrected chi connectivity index (χ1v) is 9.83. The van der Waals surface area contributed by atoms with Crippen LogP contribution < -0.4 is 16.0 Å². The molecule has 0 spiro atoms. The molecule has 0 saturated heterocycles. The van der Waals surface area contributed by atoms with E-state index in [1.807, 2.05) is 35.3 Å². The molecule has 5 rings (SSSR count). The number of hydrogen-bond donors (Lipinski definition) is 2. The molecule has 146 valence electrons. The number of nitrogens with zero attached hydrogens (tertiary/aromatic N) is 5. The highest BCUT2D eigenvalue weighted by atomic mass is 35.5. The molecule has 0 aliphatic carbocycles. The number of rotatable bonds is 4. The second-order valence-electron chi connectivity index (χ2n) is 7.10. The summed E-state index contributed by atoms with van der Waals surface area (Å²) in [6, 6.07) is 12.2. The third-order valence-corrected chi connectivity index (χ3v) is 5.54. The summed E-state index contributed by atoms with van der Waals surface area (Å²) in [6.07, 6.45) is 5.36. The van der Waals surface area contributed by atoms with Gasteiger partial charge in [-0.2, -0.15) is 5.10 Å². The zero-order chi connectivity index (χ0) is 19.8. The largest absolute Gasteiger partial charge is 0.383 e. The lowest BCUT2D eigenvalue weighted by molar-refractivity contribution is 0.517. The summed E-state index contributed by atoms with van der Waals surface area (Å²) >= 11 is 6.27. The van der Waals surface area contributed by atoms with Gasteiger partial charge in [-0.25, -0.2) is 9.97 Å². The Morgan fingerprint density at radius 1 is 1.03 bits per heavy atom. The molecule has 0 atom stereocenters. The minimum absolute atomic E-state index is 0.483. The van der Waals surface area contributed by atoms with Gasteiger partial charge < -0.3 is 16.0 Å². The van der Waals surface area contributed by atoms with Gasteiger partial charge in [-0.15, -0.1) is 0 Å². The van der Waals surface area contributed by atoms with Crippen molar-refractivity contribution in [2.45, 2.75) is 19.6 Å². The van der Waals surface area contributed by atoms with E-state index in [9.17, 15) is 0 Å². The number of fused-ring (bicyclic) bond motifs is 2. The van der Waals surface area contributed by atoms with Gasteiger partial charge in [0.25, 0.3) is 0 Å². The van der Waals surface area contributed by atoms with Crippen molar-refractivity contribution in [3.8, 4) is 0 Å². The maximum Gasteiger partial charge on any atom is 0.131 e.